The fourth-order valence-electron chi connectivity index (χ4n) is 2.48. The van der Waals surface area contributed by atoms with E-state index in [1.54, 1.807) is 6.26 Å². The van der Waals surface area contributed by atoms with Crippen molar-refractivity contribution in [2.75, 3.05) is 18.6 Å². The molecule has 0 heterocycles. The highest BCUT2D eigenvalue weighted by Gasteiger charge is 2.22. The van der Waals surface area contributed by atoms with Gasteiger partial charge in [0.05, 0.1) is 0 Å². The summed E-state index contributed by atoms with van der Waals surface area (Å²) in [5, 5.41) is 3.51. The van der Waals surface area contributed by atoms with Gasteiger partial charge in [0.1, 0.15) is 0 Å². The van der Waals surface area contributed by atoms with Gasteiger partial charge in [-0.3, -0.25) is 4.21 Å². The Kier molecular flexibility index (Phi) is 5.70. The van der Waals surface area contributed by atoms with Crippen molar-refractivity contribution >= 4 is 10.8 Å². The van der Waals surface area contributed by atoms with E-state index in [0.29, 0.717) is 12.0 Å². The highest BCUT2D eigenvalue weighted by atomic mass is 32.2. The average Bonchev–Trinajstić information content (AvgIpc) is 2.15. The zero-order valence-corrected chi connectivity index (χ0v) is 11.8. The van der Waals surface area contributed by atoms with Gasteiger partial charge in [-0.05, 0) is 38.5 Å². The van der Waals surface area contributed by atoms with Gasteiger partial charge < -0.3 is 5.32 Å². The van der Waals surface area contributed by atoms with Crippen LogP contribution in [0.5, 0.6) is 0 Å². The van der Waals surface area contributed by atoms with Gasteiger partial charge in [-0.2, -0.15) is 0 Å². The Balaban J connectivity index is 2.38. The standard InChI is InChI=1S/C13H25NOS/c1-10-6-5-7-11(2)13(10)8-14-12(3)9-16(4)15/h6,11-14H,5,7-9H2,1-4H3/t11-,12-,13+,16-/m0/s1. The number of allylic oxidation sites excluding steroid dienone is 1. The molecule has 0 saturated heterocycles. The number of hydrogen-bond donors (Lipinski definition) is 1. The van der Waals surface area contributed by atoms with Crippen LogP contribution in [0.3, 0.4) is 0 Å². The molecule has 0 amide bonds. The van der Waals surface area contributed by atoms with Crippen molar-refractivity contribution in [2.24, 2.45) is 11.8 Å². The summed E-state index contributed by atoms with van der Waals surface area (Å²) >= 11 is 0. The highest BCUT2D eigenvalue weighted by molar-refractivity contribution is 7.84. The van der Waals surface area contributed by atoms with Crippen LogP contribution in [0.15, 0.2) is 11.6 Å². The summed E-state index contributed by atoms with van der Waals surface area (Å²) in [6, 6.07) is 0.354. The molecule has 0 saturated carbocycles. The van der Waals surface area contributed by atoms with Gasteiger partial charge in [0, 0.05) is 35.4 Å². The minimum Gasteiger partial charge on any atom is -0.313 e. The average molecular weight is 243 g/mol. The minimum atomic E-state index is -0.697. The molecule has 0 fully saturated rings. The van der Waals surface area contributed by atoms with Crippen molar-refractivity contribution in [3.8, 4) is 0 Å². The molecule has 94 valence electrons. The zero-order valence-electron chi connectivity index (χ0n) is 11.0. The monoisotopic (exact) mass is 243 g/mol. The molecule has 0 radical (unpaired) electrons. The van der Waals surface area contributed by atoms with Crippen LogP contribution in [0.25, 0.3) is 0 Å². The van der Waals surface area contributed by atoms with Crippen LogP contribution in [0, 0.1) is 11.8 Å². The lowest BCUT2D eigenvalue weighted by Gasteiger charge is -2.30. The molecule has 0 unspecified atom stereocenters. The van der Waals surface area contributed by atoms with E-state index in [9.17, 15) is 4.21 Å². The van der Waals surface area contributed by atoms with E-state index in [4.69, 9.17) is 0 Å². The smallest absolute Gasteiger partial charge is 0.0383 e. The quantitative estimate of drug-likeness (QED) is 0.751. The van der Waals surface area contributed by atoms with Crippen LogP contribution in [0.1, 0.15) is 33.6 Å². The molecule has 0 spiro atoms. The first kappa shape index (κ1) is 13.9. The Morgan fingerprint density at radius 1 is 1.62 bits per heavy atom. The minimum absolute atomic E-state index is 0.354. The predicted octanol–water partition coefficient (Wildman–Crippen LogP) is 2.34. The van der Waals surface area contributed by atoms with Crippen molar-refractivity contribution in [1.82, 2.24) is 5.32 Å². The fraction of sp³-hybridized carbons (Fsp3) is 0.846. The summed E-state index contributed by atoms with van der Waals surface area (Å²) in [6.07, 6.45) is 6.68. The third-order valence-electron chi connectivity index (χ3n) is 3.53. The molecule has 0 bridgehead atoms. The second-order valence-electron chi connectivity index (χ2n) is 5.16. The van der Waals surface area contributed by atoms with Crippen LogP contribution in [-0.2, 0) is 10.8 Å². The summed E-state index contributed by atoms with van der Waals surface area (Å²) in [5.74, 6) is 2.20. The highest BCUT2D eigenvalue weighted by Crippen LogP contribution is 2.29. The van der Waals surface area contributed by atoms with E-state index in [-0.39, 0.29) is 0 Å². The van der Waals surface area contributed by atoms with Gasteiger partial charge in [0.15, 0.2) is 0 Å². The Labute approximate surface area is 102 Å². The van der Waals surface area contributed by atoms with E-state index in [0.717, 1.165) is 18.2 Å². The first-order valence-corrected chi connectivity index (χ1v) is 7.93. The largest absolute Gasteiger partial charge is 0.313 e. The van der Waals surface area contributed by atoms with Crippen LogP contribution < -0.4 is 5.32 Å². The molecule has 16 heavy (non-hydrogen) atoms. The predicted molar refractivity (Wildman–Crippen MR) is 72.0 cm³/mol. The topological polar surface area (TPSA) is 29.1 Å². The van der Waals surface area contributed by atoms with Gasteiger partial charge in [0.25, 0.3) is 0 Å². The molecule has 0 aromatic rings. The lowest BCUT2D eigenvalue weighted by atomic mass is 9.80. The van der Waals surface area contributed by atoms with Crippen LogP contribution in [-0.4, -0.2) is 28.8 Å². The molecule has 3 heteroatoms. The van der Waals surface area contributed by atoms with Gasteiger partial charge in [-0.15, -0.1) is 0 Å². The molecule has 1 N–H and O–H groups in total. The third-order valence-corrected chi connectivity index (χ3v) is 4.50. The van der Waals surface area contributed by atoms with Gasteiger partial charge >= 0.3 is 0 Å². The molecular weight excluding hydrogens is 218 g/mol. The Bertz CT molecular complexity index is 275. The number of rotatable bonds is 5. The van der Waals surface area contributed by atoms with Crippen molar-refractivity contribution < 1.29 is 4.21 Å². The molecule has 4 atom stereocenters. The fourth-order valence-corrected chi connectivity index (χ4v) is 3.30. The van der Waals surface area contributed by atoms with E-state index >= 15 is 0 Å². The summed E-state index contributed by atoms with van der Waals surface area (Å²) in [5.41, 5.74) is 1.52. The first-order chi connectivity index (χ1) is 7.50. The van der Waals surface area contributed by atoms with E-state index in [1.165, 1.54) is 18.4 Å². The summed E-state index contributed by atoms with van der Waals surface area (Å²) in [7, 11) is -0.697. The molecule has 0 aromatic heterocycles. The Hall–Kier alpha value is -0.150. The van der Waals surface area contributed by atoms with Crippen molar-refractivity contribution in [1.29, 1.82) is 0 Å². The summed E-state index contributed by atoms with van der Waals surface area (Å²) < 4.78 is 11.1. The normalized spacial score (nSPS) is 29.6. The zero-order chi connectivity index (χ0) is 12.1. The van der Waals surface area contributed by atoms with E-state index in [2.05, 4.69) is 32.2 Å². The second-order valence-corrected chi connectivity index (χ2v) is 6.64. The molecule has 2 nitrogen and oxygen atoms in total. The van der Waals surface area contributed by atoms with Crippen molar-refractivity contribution in [3.63, 3.8) is 0 Å². The third kappa shape index (κ3) is 4.38. The number of hydrogen-bond acceptors (Lipinski definition) is 2. The van der Waals surface area contributed by atoms with Crippen LogP contribution in [0.4, 0.5) is 0 Å². The molecule has 0 aromatic carbocycles. The van der Waals surface area contributed by atoms with Crippen LogP contribution >= 0.6 is 0 Å². The maximum atomic E-state index is 11.1. The maximum Gasteiger partial charge on any atom is 0.0383 e. The summed E-state index contributed by atoms with van der Waals surface area (Å²) in [6.45, 7) is 7.73. The Morgan fingerprint density at radius 3 is 2.88 bits per heavy atom. The molecule has 1 aliphatic carbocycles. The number of nitrogens with one attached hydrogen (secondary N) is 1. The lowest BCUT2D eigenvalue weighted by molar-refractivity contribution is 0.342. The molecule has 1 aliphatic rings. The van der Waals surface area contributed by atoms with Crippen molar-refractivity contribution in [2.45, 2.75) is 39.7 Å². The second kappa shape index (κ2) is 6.55. The van der Waals surface area contributed by atoms with Gasteiger partial charge in [-0.1, -0.05) is 18.6 Å². The molecule has 0 aliphatic heterocycles. The van der Waals surface area contributed by atoms with Crippen molar-refractivity contribution in [3.05, 3.63) is 11.6 Å². The molecular formula is C13H25NOS. The molecule has 1 rings (SSSR count). The van der Waals surface area contributed by atoms with Gasteiger partial charge in [-0.25, -0.2) is 0 Å². The summed E-state index contributed by atoms with van der Waals surface area (Å²) in [4.78, 5) is 0. The van der Waals surface area contributed by atoms with E-state index < -0.39 is 10.8 Å². The maximum absolute atomic E-state index is 11.1. The first-order valence-electron chi connectivity index (χ1n) is 6.20. The van der Waals surface area contributed by atoms with E-state index in [1.807, 2.05) is 0 Å². The SMILES string of the molecule is CC1=CCC[C@H](C)[C@@H]1CN[C@@H](C)C[S@](C)=O. The lowest BCUT2D eigenvalue weighted by Crippen LogP contribution is -2.37. The Morgan fingerprint density at radius 2 is 2.31 bits per heavy atom. The van der Waals surface area contributed by atoms with Crippen LogP contribution in [0.2, 0.25) is 0 Å². The van der Waals surface area contributed by atoms with Gasteiger partial charge in [0.2, 0.25) is 0 Å².